The molecule has 0 amide bonds. The Balaban J connectivity index is 2.79. The Morgan fingerprint density at radius 2 is 1.94 bits per heavy atom. The molecule has 0 aliphatic rings. The molecule has 0 aliphatic heterocycles. The second-order valence-electron chi connectivity index (χ2n) is 3.57. The summed E-state index contributed by atoms with van der Waals surface area (Å²) in [6, 6.07) is 9.13. The molecule has 5 heteroatoms. The molecular formula is C11H16O4S. The Labute approximate surface area is 96.0 Å². The van der Waals surface area contributed by atoms with Crippen molar-refractivity contribution >= 4 is 10.1 Å². The standard InChI is InChI=1S/C11H16O4S/c1-16(13,14)15-11(8-5-9-12)10-6-3-2-4-7-10/h2-4,6-7,11-12H,5,8-9H2,1H3. The highest BCUT2D eigenvalue weighted by molar-refractivity contribution is 7.86. The van der Waals surface area contributed by atoms with Crippen molar-refractivity contribution in [2.24, 2.45) is 0 Å². The lowest BCUT2D eigenvalue weighted by atomic mass is 10.1. The van der Waals surface area contributed by atoms with Gasteiger partial charge in [-0.3, -0.25) is 4.18 Å². The number of hydrogen-bond donors (Lipinski definition) is 1. The Bertz CT molecular complexity index is 399. The van der Waals surface area contributed by atoms with E-state index in [4.69, 9.17) is 9.29 Å². The first-order valence-electron chi connectivity index (χ1n) is 5.07. The molecule has 1 aromatic carbocycles. The van der Waals surface area contributed by atoms with E-state index in [2.05, 4.69) is 0 Å². The maximum Gasteiger partial charge on any atom is 0.264 e. The van der Waals surface area contributed by atoms with Crippen LogP contribution in [0.1, 0.15) is 24.5 Å². The van der Waals surface area contributed by atoms with Gasteiger partial charge in [0.15, 0.2) is 0 Å². The Hall–Kier alpha value is -0.910. The quantitative estimate of drug-likeness (QED) is 0.770. The summed E-state index contributed by atoms with van der Waals surface area (Å²) in [5, 5.41) is 8.76. The van der Waals surface area contributed by atoms with Crippen LogP contribution in [-0.2, 0) is 14.3 Å². The molecule has 1 atom stereocenters. The summed E-state index contributed by atoms with van der Waals surface area (Å²) in [6.07, 6.45) is 1.51. The molecule has 0 aromatic heterocycles. The molecule has 0 saturated carbocycles. The predicted octanol–water partition coefficient (Wildman–Crippen LogP) is 1.48. The van der Waals surface area contributed by atoms with E-state index < -0.39 is 16.2 Å². The molecule has 0 radical (unpaired) electrons. The summed E-state index contributed by atoms with van der Waals surface area (Å²) in [5.74, 6) is 0. The van der Waals surface area contributed by atoms with Crippen LogP contribution in [0.4, 0.5) is 0 Å². The van der Waals surface area contributed by atoms with Gasteiger partial charge in [-0.25, -0.2) is 0 Å². The summed E-state index contributed by atoms with van der Waals surface area (Å²) < 4.78 is 27.2. The molecule has 0 fully saturated rings. The SMILES string of the molecule is CS(=O)(=O)OC(CCCO)c1ccccc1. The summed E-state index contributed by atoms with van der Waals surface area (Å²) in [7, 11) is -3.48. The van der Waals surface area contributed by atoms with E-state index in [0.717, 1.165) is 11.8 Å². The van der Waals surface area contributed by atoms with E-state index in [1.54, 1.807) is 0 Å². The van der Waals surface area contributed by atoms with Gasteiger partial charge in [-0.1, -0.05) is 30.3 Å². The van der Waals surface area contributed by atoms with Gasteiger partial charge in [0, 0.05) is 6.61 Å². The van der Waals surface area contributed by atoms with Crippen molar-refractivity contribution in [2.75, 3.05) is 12.9 Å². The van der Waals surface area contributed by atoms with Crippen molar-refractivity contribution in [1.29, 1.82) is 0 Å². The highest BCUT2D eigenvalue weighted by Gasteiger charge is 2.16. The summed E-state index contributed by atoms with van der Waals surface area (Å²) >= 11 is 0. The van der Waals surface area contributed by atoms with Crippen molar-refractivity contribution < 1.29 is 17.7 Å². The topological polar surface area (TPSA) is 63.6 Å². The van der Waals surface area contributed by atoms with Gasteiger partial charge in [-0.2, -0.15) is 8.42 Å². The molecule has 90 valence electrons. The van der Waals surface area contributed by atoms with Crippen molar-refractivity contribution in [3.8, 4) is 0 Å². The Morgan fingerprint density at radius 1 is 1.31 bits per heavy atom. The first-order chi connectivity index (χ1) is 7.53. The Morgan fingerprint density at radius 3 is 2.44 bits per heavy atom. The molecule has 1 N–H and O–H groups in total. The third-order valence-electron chi connectivity index (χ3n) is 2.09. The molecule has 1 rings (SSSR count). The van der Waals surface area contributed by atoms with Crippen LogP contribution < -0.4 is 0 Å². The van der Waals surface area contributed by atoms with Gasteiger partial charge in [0.1, 0.15) is 6.10 Å². The highest BCUT2D eigenvalue weighted by atomic mass is 32.2. The number of hydrogen-bond acceptors (Lipinski definition) is 4. The predicted molar refractivity (Wildman–Crippen MR) is 61.4 cm³/mol. The molecule has 16 heavy (non-hydrogen) atoms. The van der Waals surface area contributed by atoms with Gasteiger partial charge in [-0.15, -0.1) is 0 Å². The summed E-state index contributed by atoms with van der Waals surface area (Å²) in [4.78, 5) is 0. The molecule has 0 aliphatic carbocycles. The average Bonchev–Trinajstić information content (AvgIpc) is 2.24. The molecule has 1 unspecified atom stereocenters. The zero-order valence-corrected chi connectivity index (χ0v) is 9.98. The van der Waals surface area contributed by atoms with Crippen LogP contribution in [0.3, 0.4) is 0 Å². The van der Waals surface area contributed by atoms with Crippen molar-refractivity contribution in [3.05, 3.63) is 35.9 Å². The van der Waals surface area contributed by atoms with Crippen LogP contribution in [0.25, 0.3) is 0 Å². The third-order valence-corrected chi connectivity index (χ3v) is 2.67. The van der Waals surface area contributed by atoms with Gasteiger partial charge in [0.05, 0.1) is 6.26 Å². The van der Waals surface area contributed by atoms with Crippen LogP contribution in [0.5, 0.6) is 0 Å². The zero-order chi connectivity index (χ0) is 12.0. The Kier molecular flexibility index (Phi) is 4.92. The fourth-order valence-corrected chi connectivity index (χ4v) is 2.06. The molecule has 0 bridgehead atoms. The maximum absolute atomic E-state index is 11.1. The van der Waals surface area contributed by atoms with Gasteiger partial charge in [0.25, 0.3) is 10.1 Å². The fraction of sp³-hybridized carbons (Fsp3) is 0.455. The summed E-state index contributed by atoms with van der Waals surface area (Å²) in [6.45, 7) is 0.0243. The van der Waals surface area contributed by atoms with E-state index >= 15 is 0 Å². The number of benzene rings is 1. The van der Waals surface area contributed by atoms with Crippen LogP contribution in [0, 0.1) is 0 Å². The second kappa shape index (κ2) is 5.98. The lowest BCUT2D eigenvalue weighted by Gasteiger charge is -2.15. The molecule has 1 aromatic rings. The molecular weight excluding hydrogens is 228 g/mol. The summed E-state index contributed by atoms with van der Waals surface area (Å²) in [5.41, 5.74) is 0.807. The van der Waals surface area contributed by atoms with E-state index in [1.165, 1.54) is 0 Å². The molecule has 0 saturated heterocycles. The van der Waals surface area contributed by atoms with E-state index in [1.807, 2.05) is 30.3 Å². The van der Waals surface area contributed by atoms with Crippen LogP contribution in [0.15, 0.2) is 30.3 Å². The smallest absolute Gasteiger partial charge is 0.264 e. The average molecular weight is 244 g/mol. The van der Waals surface area contributed by atoms with Gasteiger partial charge in [-0.05, 0) is 18.4 Å². The van der Waals surface area contributed by atoms with Crippen molar-refractivity contribution in [3.63, 3.8) is 0 Å². The van der Waals surface area contributed by atoms with Gasteiger partial charge in [0.2, 0.25) is 0 Å². The minimum Gasteiger partial charge on any atom is -0.396 e. The monoisotopic (exact) mass is 244 g/mol. The van der Waals surface area contributed by atoms with E-state index in [9.17, 15) is 8.42 Å². The zero-order valence-electron chi connectivity index (χ0n) is 9.17. The molecule has 0 spiro atoms. The van der Waals surface area contributed by atoms with E-state index in [0.29, 0.717) is 12.8 Å². The fourth-order valence-electron chi connectivity index (χ4n) is 1.43. The lowest BCUT2D eigenvalue weighted by Crippen LogP contribution is -2.11. The van der Waals surface area contributed by atoms with Crippen LogP contribution >= 0.6 is 0 Å². The maximum atomic E-state index is 11.1. The van der Waals surface area contributed by atoms with Crippen LogP contribution in [0.2, 0.25) is 0 Å². The first kappa shape index (κ1) is 13.2. The second-order valence-corrected chi connectivity index (χ2v) is 5.17. The highest BCUT2D eigenvalue weighted by Crippen LogP contribution is 2.24. The van der Waals surface area contributed by atoms with Gasteiger partial charge >= 0.3 is 0 Å². The number of aliphatic hydroxyl groups excluding tert-OH is 1. The normalized spacial score (nSPS) is 13.6. The van der Waals surface area contributed by atoms with Crippen LogP contribution in [-0.4, -0.2) is 26.4 Å². The number of aliphatic hydroxyl groups is 1. The minimum atomic E-state index is -3.48. The minimum absolute atomic E-state index is 0.0243. The first-order valence-corrected chi connectivity index (χ1v) is 6.88. The molecule has 4 nitrogen and oxygen atoms in total. The number of rotatable bonds is 6. The van der Waals surface area contributed by atoms with E-state index in [-0.39, 0.29) is 6.61 Å². The third kappa shape index (κ3) is 4.74. The van der Waals surface area contributed by atoms with Gasteiger partial charge < -0.3 is 5.11 Å². The molecule has 0 heterocycles. The van der Waals surface area contributed by atoms with Crippen molar-refractivity contribution in [1.82, 2.24) is 0 Å². The largest absolute Gasteiger partial charge is 0.396 e. The lowest BCUT2D eigenvalue weighted by molar-refractivity contribution is 0.183. The van der Waals surface area contributed by atoms with Crippen molar-refractivity contribution in [2.45, 2.75) is 18.9 Å².